The summed E-state index contributed by atoms with van der Waals surface area (Å²) in [5.41, 5.74) is 2.57. The Morgan fingerprint density at radius 3 is 2.62 bits per heavy atom. The van der Waals surface area contributed by atoms with Crippen molar-refractivity contribution in [2.75, 3.05) is 11.9 Å². The second-order valence-corrected chi connectivity index (χ2v) is 5.57. The van der Waals surface area contributed by atoms with Gasteiger partial charge in [-0.25, -0.2) is 0 Å². The summed E-state index contributed by atoms with van der Waals surface area (Å²) in [4.78, 5) is 11.9. The molecule has 1 amide bonds. The Kier molecular flexibility index (Phi) is 5.10. The number of halogens is 2. The molecule has 0 aromatic heterocycles. The van der Waals surface area contributed by atoms with Crippen molar-refractivity contribution in [1.82, 2.24) is 0 Å². The Balaban J connectivity index is 1.97. The Hall–Kier alpha value is -1.71. The van der Waals surface area contributed by atoms with Crippen LogP contribution >= 0.6 is 23.2 Å². The molecule has 5 heteroatoms. The third kappa shape index (κ3) is 4.38. The fraction of sp³-hybridized carbons (Fsp3) is 0.188. The first-order valence-corrected chi connectivity index (χ1v) is 7.16. The second-order valence-electron chi connectivity index (χ2n) is 4.73. The third-order valence-corrected chi connectivity index (χ3v) is 3.46. The van der Waals surface area contributed by atoms with Crippen LogP contribution in [-0.4, -0.2) is 12.5 Å². The average Bonchev–Trinajstić information content (AvgIpc) is 2.43. The first-order chi connectivity index (χ1) is 9.95. The quantitative estimate of drug-likeness (QED) is 0.890. The minimum Gasteiger partial charge on any atom is -0.483 e. The van der Waals surface area contributed by atoms with Crippen LogP contribution < -0.4 is 10.1 Å². The highest BCUT2D eigenvalue weighted by Crippen LogP contribution is 2.25. The maximum Gasteiger partial charge on any atom is 0.262 e. The lowest BCUT2D eigenvalue weighted by Gasteiger charge is -2.11. The molecule has 0 spiro atoms. The first kappa shape index (κ1) is 15.7. The number of benzene rings is 2. The highest BCUT2D eigenvalue weighted by Gasteiger charge is 2.08. The minimum atomic E-state index is -0.278. The Morgan fingerprint density at radius 1 is 1.14 bits per heavy atom. The number of anilines is 1. The van der Waals surface area contributed by atoms with E-state index in [1.807, 2.05) is 32.0 Å². The van der Waals surface area contributed by atoms with Crippen LogP contribution in [0.3, 0.4) is 0 Å². The van der Waals surface area contributed by atoms with Gasteiger partial charge in [0.1, 0.15) is 5.75 Å². The molecule has 1 N–H and O–H groups in total. The number of aryl methyl sites for hydroxylation is 2. The summed E-state index contributed by atoms with van der Waals surface area (Å²) in [7, 11) is 0. The van der Waals surface area contributed by atoms with Gasteiger partial charge in [-0.2, -0.15) is 0 Å². The lowest BCUT2D eigenvalue weighted by molar-refractivity contribution is -0.118. The highest BCUT2D eigenvalue weighted by atomic mass is 35.5. The van der Waals surface area contributed by atoms with Gasteiger partial charge in [-0.05, 0) is 49.2 Å². The molecule has 2 rings (SSSR count). The number of nitrogens with one attached hydrogen (secondary N) is 1. The summed E-state index contributed by atoms with van der Waals surface area (Å²) in [6.07, 6.45) is 0. The maximum atomic E-state index is 11.9. The molecule has 2 aromatic rings. The second kappa shape index (κ2) is 6.83. The predicted molar refractivity (Wildman–Crippen MR) is 86.5 cm³/mol. The van der Waals surface area contributed by atoms with Crippen molar-refractivity contribution in [3.63, 3.8) is 0 Å². The molecule has 3 nitrogen and oxygen atoms in total. The molecule has 0 radical (unpaired) electrons. The Bertz CT molecular complexity index is 671. The number of hydrogen-bond acceptors (Lipinski definition) is 2. The van der Waals surface area contributed by atoms with Gasteiger partial charge in [-0.15, -0.1) is 0 Å². The van der Waals surface area contributed by atoms with Gasteiger partial charge in [0.25, 0.3) is 5.91 Å². The molecule has 0 aliphatic rings. The molecule has 0 heterocycles. The summed E-state index contributed by atoms with van der Waals surface area (Å²) in [6.45, 7) is 3.83. The standard InChI is InChI=1S/C16H15Cl2NO2/c1-10-3-4-11(2)15(7-10)21-9-16(20)19-14-6-5-12(17)8-13(14)18/h3-8H,9H2,1-2H3,(H,19,20). The molecule has 21 heavy (non-hydrogen) atoms. The zero-order chi connectivity index (χ0) is 15.4. The van der Waals surface area contributed by atoms with E-state index in [1.165, 1.54) is 0 Å². The van der Waals surface area contributed by atoms with Crippen LogP contribution in [0.2, 0.25) is 10.0 Å². The van der Waals surface area contributed by atoms with Gasteiger partial charge in [0.05, 0.1) is 10.7 Å². The summed E-state index contributed by atoms with van der Waals surface area (Å²) < 4.78 is 5.53. The van der Waals surface area contributed by atoms with Gasteiger partial charge < -0.3 is 10.1 Å². The van der Waals surface area contributed by atoms with Crippen LogP contribution in [0.4, 0.5) is 5.69 Å². The normalized spacial score (nSPS) is 10.3. The van der Waals surface area contributed by atoms with Crippen molar-refractivity contribution in [1.29, 1.82) is 0 Å². The minimum absolute atomic E-state index is 0.0801. The molecule has 0 bridgehead atoms. The zero-order valence-corrected chi connectivity index (χ0v) is 13.3. The summed E-state index contributed by atoms with van der Waals surface area (Å²) in [5, 5.41) is 3.60. The molecule has 0 unspecified atom stereocenters. The van der Waals surface area contributed by atoms with E-state index in [9.17, 15) is 4.79 Å². The molecule has 0 aliphatic heterocycles. The van der Waals surface area contributed by atoms with Crippen molar-refractivity contribution in [3.8, 4) is 5.75 Å². The SMILES string of the molecule is Cc1ccc(C)c(OCC(=O)Nc2ccc(Cl)cc2Cl)c1. The van der Waals surface area contributed by atoms with E-state index >= 15 is 0 Å². The van der Waals surface area contributed by atoms with E-state index in [-0.39, 0.29) is 12.5 Å². The van der Waals surface area contributed by atoms with E-state index in [1.54, 1.807) is 18.2 Å². The van der Waals surface area contributed by atoms with Gasteiger partial charge in [0.15, 0.2) is 6.61 Å². The van der Waals surface area contributed by atoms with E-state index in [0.717, 1.165) is 11.1 Å². The average molecular weight is 324 g/mol. The van der Waals surface area contributed by atoms with Crippen LogP contribution in [0.1, 0.15) is 11.1 Å². The van der Waals surface area contributed by atoms with Crippen LogP contribution in [-0.2, 0) is 4.79 Å². The summed E-state index contributed by atoms with van der Waals surface area (Å²) >= 11 is 11.8. The number of amides is 1. The molecule has 0 saturated carbocycles. The van der Waals surface area contributed by atoms with E-state index in [0.29, 0.717) is 21.5 Å². The Labute approximate surface area is 133 Å². The van der Waals surface area contributed by atoms with Gasteiger partial charge in [0, 0.05) is 5.02 Å². The topological polar surface area (TPSA) is 38.3 Å². The van der Waals surface area contributed by atoms with Crippen molar-refractivity contribution in [2.45, 2.75) is 13.8 Å². The lowest BCUT2D eigenvalue weighted by atomic mass is 10.1. The molecule has 2 aromatic carbocycles. The fourth-order valence-electron chi connectivity index (χ4n) is 1.78. The lowest BCUT2D eigenvalue weighted by Crippen LogP contribution is -2.20. The molecule has 0 aliphatic carbocycles. The summed E-state index contributed by atoms with van der Waals surface area (Å²) in [5.74, 6) is 0.424. The number of carbonyl (C=O) groups is 1. The van der Waals surface area contributed by atoms with Crippen molar-refractivity contribution >= 4 is 34.8 Å². The highest BCUT2D eigenvalue weighted by molar-refractivity contribution is 6.36. The number of ether oxygens (including phenoxy) is 1. The largest absolute Gasteiger partial charge is 0.483 e. The van der Waals surface area contributed by atoms with Gasteiger partial charge in [-0.1, -0.05) is 35.3 Å². The number of hydrogen-bond donors (Lipinski definition) is 1. The van der Waals surface area contributed by atoms with E-state index in [4.69, 9.17) is 27.9 Å². The molecule has 0 atom stereocenters. The van der Waals surface area contributed by atoms with Crippen LogP contribution in [0.15, 0.2) is 36.4 Å². The Morgan fingerprint density at radius 2 is 1.90 bits per heavy atom. The zero-order valence-electron chi connectivity index (χ0n) is 11.7. The third-order valence-electron chi connectivity index (χ3n) is 2.91. The fourth-order valence-corrected chi connectivity index (χ4v) is 2.24. The molecule has 0 fully saturated rings. The first-order valence-electron chi connectivity index (χ1n) is 6.40. The van der Waals surface area contributed by atoms with E-state index < -0.39 is 0 Å². The van der Waals surface area contributed by atoms with E-state index in [2.05, 4.69) is 5.32 Å². The van der Waals surface area contributed by atoms with Crippen LogP contribution in [0, 0.1) is 13.8 Å². The van der Waals surface area contributed by atoms with Gasteiger partial charge in [0.2, 0.25) is 0 Å². The molecular weight excluding hydrogens is 309 g/mol. The monoisotopic (exact) mass is 323 g/mol. The van der Waals surface area contributed by atoms with Crippen molar-refractivity contribution < 1.29 is 9.53 Å². The molecular formula is C16H15Cl2NO2. The van der Waals surface area contributed by atoms with Crippen LogP contribution in [0.5, 0.6) is 5.75 Å². The van der Waals surface area contributed by atoms with Gasteiger partial charge >= 0.3 is 0 Å². The smallest absolute Gasteiger partial charge is 0.262 e. The number of carbonyl (C=O) groups excluding carboxylic acids is 1. The van der Waals surface area contributed by atoms with Crippen molar-refractivity contribution in [2.24, 2.45) is 0 Å². The molecule has 0 saturated heterocycles. The molecule has 110 valence electrons. The summed E-state index contributed by atoms with van der Waals surface area (Å²) in [6, 6.07) is 10.7. The predicted octanol–water partition coefficient (Wildman–Crippen LogP) is 4.63. The number of rotatable bonds is 4. The van der Waals surface area contributed by atoms with Crippen LogP contribution in [0.25, 0.3) is 0 Å². The van der Waals surface area contributed by atoms with Crippen molar-refractivity contribution in [3.05, 3.63) is 57.6 Å². The van der Waals surface area contributed by atoms with Gasteiger partial charge in [-0.3, -0.25) is 4.79 Å². The maximum absolute atomic E-state index is 11.9.